The minimum atomic E-state index is -0.0793. The molecule has 0 heterocycles. The second-order valence-corrected chi connectivity index (χ2v) is 4.18. The molecule has 0 saturated carbocycles. The van der Waals surface area contributed by atoms with Crippen LogP contribution in [0.1, 0.15) is 26.3 Å². The molecule has 0 aliphatic rings. The molecule has 1 atom stereocenters. The van der Waals surface area contributed by atoms with E-state index >= 15 is 0 Å². The molecule has 0 saturated heterocycles. The lowest BCUT2D eigenvalue weighted by molar-refractivity contribution is -0.119. The molecule has 0 bridgehead atoms. The van der Waals surface area contributed by atoms with Gasteiger partial charge in [0.05, 0.1) is 0 Å². The van der Waals surface area contributed by atoms with Crippen molar-refractivity contribution in [2.75, 3.05) is 5.32 Å². The minimum Gasteiger partial charge on any atom is -0.354 e. The van der Waals surface area contributed by atoms with Gasteiger partial charge in [0.25, 0.3) is 0 Å². The van der Waals surface area contributed by atoms with Crippen molar-refractivity contribution in [3.8, 4) is 0 Å². The fraction of sp³-hybridized carbons (Fsp3) is 0.385. The molecule has 0 spiro atoms. The molecule has 4 heteroatoms. The van der Waals surface area contributed by atoms with Crippen LogP contribution in [0.25, 0.3) is 0 Å². The zero-order valence-corrected chi connectivity index (χ0v) is 10.4. The Morgan fingerprint density at radius 2 is 1.71 bits per heavy atom. The van der Waals surface area contributed by atoms with Crippen molar-refractivity contribution in [2.24, 2.45) is 0 Å². The summed E-state index contributed by atoms with van der Waals surface area (Å²) in [4.78, 5) is 21.7. The number of anilines is 1. The molecule has 2 N–H and O–H groups in total. The molecule has 0 aliphatic carbocycles. The smallest absolute Gasteiger partial charge is 0.221 e. The van der Waals surface area contributed by atoms with Crippen molar-refractivity contribution < 1.29 is 9.59 Å². The maximum Gasteiger partial charge on any atom is 0.221 e. The lowest BCUT2D eigenvalue weighted by atomic mass is 10.1. The van der Waals surface area contributed by atoms with E-state index in [2.05, 4.69) is 10.6 Å². The number of carbonyl (C=O) groups is 2. The third-order valence-corrected chi connectivity index (χ3v) is 2.27. The predicted octanol–water partition coefficient (Wildman–Crippen LogP) is 1.71. The summed E-state index contributed by atoms with van der Waals surface area (Å²) in [6, 6.07) is 7.72. The van der Waals surface area contributed by atoms with Crippen LogP contribution in [0.2, 0.25) is 0 Å². The third-order valence-electron chi connectivity index (χ3n) is 2.27. The van der Waals surface area contributed by atoms with Crippen LogP contribution in [0, 0.1) is 0 Å². The average Bonchev–Trinajstić information content (AvgIpc) is 2.18. The lowest BCUT2D eigenvalue weighted by Crippen LogP contribution is -2.31. The van der Waals surface area contributed by atoms with Crippen LogP contribution in [0.3, 0.4) is 0 Å². The summed E-state index contributed by atoms with van der Waals surface area (Å²) in [6.07, 6.45) is 0.778. The first-order chi connectivity index (χ1) is 7.97. The summed E-state index contributed by atoms with van der Waals surface area (Å²) in [5.74, 6) is -0.100. The number of nitrogens with one attached hydrogen (secondary N) is 2. The SMILES string of the molecule is CC(=O)Nc1ccc(C[C@H](C)NC(C)=O)cc1. The van der Waals surface area contributed by atoms with Crippen molar-refractivity contribution >= 4 is 17.5 Å². The van der Waals surface area contributed by atoms with Gasteiger partial charge in [0.2, 0.25) is 11.8 Å². The highest BCUT2D eigenvalue weighted by Crippen LogP contribution is 2.11. The standard InChI is InChI=1S/C13H18N2O2/c1-9(14-10(2)16)8-12-4-6-13(7-5-12)15-11(3)17/h4-7,9H,8H2,1-3H3,(H,14,16)(H,15,17)/t9-/m0/s1. The monoisotopic (exact) mass is 234 g/mol. The highest BCUT2D eigenvalue weighted by Gasteiger charge is 2.04. The molecule has 4 nitrogen and oxygen atoms in total. The Balaban J connectivity index is 2.56. The van der Waals surface area contributed by atoms with Gasteiger partial charge in [-0.05, 0) is 31.0 Å². The zero-order valence-electron chi connectivity index (χ0n) is 10.4. The quantitative estimate of drug-likeness (QED) is 0.833. The van der Waals surface area contributed by atoms with E-state index in [1.165, 1.54) is 13.8 Å². The van der Waals surface area contributed by atoms with Crippen LogP contribution in [0.4, 0.5) is 5.69 Å². The van der Waals surface area contributed by atoms with Crippen molar-refractivity contribution in [2.45, 2.75) is 33.2 Å². The van der Waals surface area contributed by atoms with E-state index in [9.17, 15) is 9.59 Å². The molecule has 2 amide bonds. The lowest BCUT2D eigenvalue weighted by Gasteiger charge is -2.12. The van der Waals surface area contributed by atoms with Gasteiger partial charge in [-0.3, -0.25) is 9.59 Å². The molecule has 0 aliphatic heterocycles. The van der Waals surface area contributed by atoms with Crippen molar-refractivity contribution in [3.05, 3.63) is 29.8 Å². The summed E-state index contributed by atoms with van der Waals surface area (Å²) in [7, 11) is 0. The highest BCUT2D eigenvalue weighted by atomic mass is 16.2. The van der Waals surface area contributed by atoms with E-state index in [1.54, 1.807) is 0 Å². The topological polar surface area (TPSA) is 58.2 Å². The van der Waals surface area contributed by atoms with Gasteiger partial charge in [0.15, 0.2) is 0 Å². The van der Waals surface area contributed by atoms with E-state index in [0.29, 0.717) is 0 Å². The van der Waals surface area contributed by atoms with Crippen LogP contribution < -0.4 is 10.6 Å². The molecule has 1 rings (SSSR count). The molecule has 1 aromatic carbocycles. The van der Waals surface area contributed by atoms with Crippen LogP contribution in [0.15, 0.2) is 24.3 Å². The minimum absolute atomic E-state index is 0.0210. The molecule has 0 aromatic heterocycles. The summed E-state index contributed by atoms with van der Waals surface area (Å²) in [5, 5.41) is 5.54. The fourth-order valence-corrected chi connectivity index (χ4v) is 1.68. The Hall–Kier alpha value is -1.84. The van der Waals surface area contributed by atoms with Gasteiger partial charge in [-0.15, -0.1) is 0 Å². The fourth-order valence-electron chi connectivity index (χ4n) is 1.68. The molecule has 0 radical (unpaired) electrons. The Kier molecular flexibility index (Phi) is 4.69. The number of benzene rings is 1. The van der Waals surface area contributed by atoms with Gasteiger partial charge >= 0.3 is 0 Å². The molecule has 0 fully saturated rings. The van der Waals surface area contributed by atoms with Gasteiger partial charge in [-0.25, -0.2) is 0 Å². The van der Waals surface area contributed by atoms with Crippen LogP contribution >= 0.6 is 0 Å². The largest absolute Gasteiger partial charge is 0.354 e. The number of rotatable bonds is 4. The average molecular weight is 234 g/mol. The van der Waals surface area contributed by atoms with Crippen molar-refractivity contribution in [1.29, 1.82) is 0 Å². The first kappa shape index (κ1) is 13.2. The van der Waals surface area contributed by atoms with Gasteiger partial charge < -0.3 is 10.6 Å². The summed E-state index contributed by atoms with van der Waals surface area (Å²) in [6.45, 7) is 4.95. The van der Waals surface area contributed by atoms with Crippen LogP contribution in [-0.2, 0) is 16.0 Å². The normalized spacial score (nSPS) is 11.7. The maximum atomic E-state index is 10.9. The Morgan fingerprint density at radius 3 is 2.18 bits per heavy atom. The first-order valence-electron chi connectivity index (χ1n) is 5.61. The maximum absolute atomic E-state index is 10.9. The van der Waals surface area contributed by atoms with E-state index in [0.717, 1.165) is 17.7 Å². The number of hydrogen-bond acceptors (Lipinski definition) is 2. The predicted molar refractivity (Wildman–Crippen MR) is 67.7 cm³/mol. The Bertz CT molecular complexity index is 398. The number of carbonyl (C=O) groups excluding carboxylic acids is 2. The Morgan fingerprint density at radius 1 is 1.12 bits per heavy atom. The third kappa shape index (κ3) is 5.15. The second-order valence-electron chi connectivity index (χ2n) is 4.18. The van der Waals surface area contributed by atoms with Gasteiger partial charge in [0.1, 0.15) is 0 Å². The Labute approximate surface area is 101 Å². The molecule has 92 valence electrons. The summed E-state index contributed by atoms with van der Waals surface area (Å²) >= 11 is 0. The van der Waals surface area contributed by atoms with Gasteiger partial charge in [-0.2, -0.15) is 0 Å². The zero-order chi connectivity index (χ0) is 12.8. The molecule has 1 aromatic rings. The second kappa shape index (κ2) is 6.03. The summed E-state index contributed by atoms with van der Waals surface area (Å²) in [5.41, 5.74) is 1.91. The van der Waals surface area contributed by atoms with E-state index in [4.69, 9.17) is 0 Å². The molecule has 17 heavy (non-hydrogen) atoms. The van der Waals surface area contributed by atoms with Crippen molar-refractivity contribution in [3.63, 3.8) is 0 Å². The van der Waals surface area contributed by atoms with Gasteiger partial charge in [-0.1, -0.05) is 12.1 Å². The number of amides is 2. The number of hydrogen-bond donors (Lipinski definition) is 2. The molecular formula is C13H18N2O2. The first-order valence-corrected chi connectivity index (χ1v) is 5.61. The van der Waals surface area contributed by atoms with Crippen molar-refractivity contribution in [1.82, 2.24) is 5.32 Å². The summed E-state index contributed by atoms with van der Waals surface area (Å²) < 4.78 is 0. The van der Waals surface area contributed by atoms with Crippen LogP contribution in [-0.4, -0.2) is 17.9 Å². The van der Waals surface area contributed by atoms with E-state index in [1.807, 2.05) is 31.2 Å². The molecular weight excluding hydrogens is 216 g/mol. The van der Waals surface area contributed by atoms with E-state index < -0.39 is 0 Å². The van der Waals surface area contributed by atoms with E-state index in [-0.39, 0.29) is 17.9 Å². The highest BCUT2D eigenvalue weighted by molar-refractivity contribution is 5.88. The van der Waals surface area contributed by atoms with Gasteiger partial charge in [0, 0.05) is 25.6 Å². The van der Waals surface area contributed by atoms with Crippen LogP contribution in [0.5, 0.6) is 0 Å². The molecule has 0 unspecified atom stereocenters.